The number of rotatable bonds is 4. The third-order valence-electron chi connectivity index (χ3n) is 2.15. The predicted octanol–water partition coefficient (Wildman–Crippen LogP) is 2.02. The van der Waals surface area contributed by atoms with Gasteiger partial charge in [-0.2, -0.15) is 13.2 Å². The first-order valence-electron chi connectivity index (χ1n) is 4.64. The average Bonchev–Trinajstić information content (AvgIpc) is 2.51. The Bertz CT molecular complexity index is 306. The number of halogens is 3. The van der Waals surface area contributed by atoms with E-state index in [1.807, 2.05) is 0 Å². The van der Waals surface area contributed by atoms with Gasteiger partial charge in [0, 0.05) is 19.7 Å². The first kappa shape index (κ1) is 12.0. The van der Waals surface area contributed by atoms with Gasteiger partial charge in [0.25, 0.3) is 0 Å². The van der Waals surface area contributed by atoms with Crippen molar-refractivity contribution in [2.45, 2.75) is 25.1 Å². The Morgan fingerprint density at radius 3 is 2.60 bits per heavy atom. The van der Waals surface area contributed by atoms with Gasteiger partial charge >= 0.3 is 6.18 Å². The fourth-order valence-corrected chi connectivity index (χ4v) is 1.36. The van der Waals surface area contributed by atoms with E-state index in [4.69, 9.17) is 0 Å². The van der Waals surface area contributed by atoms with Crippen LogP contribution in [0.15, 0.2) is 12.5 Å². The van der Waals surface area contributed by atoms with Crippen molar-refractivity contribution in [3.8, 4) is 0 Å². The second kappa shape index (κ2) is 4.65. The average molecular weight is 221 g/mol. The van der Waals surface area contributed by atoms with E-state index in [0.29, 0.717) is 5.69 Å². The quantitative estimate of drug-likeness (QED) is 0.843. The zero-order chi connectivity index (χ0) is 11.5. The fourth-order valence-electron chi connectivity index (χ4n) is 1.36. The van der Waals surface area contributed by atoms with Crippen LogP contribution < -0.4 is 5.32 Å². The topological polar surface area (TPSA) is 29.9 Å². The summed E-state index contributed by atoms with van der Waals surface area (Å²) in [6.07, 6.45) is -1.60. The minimum Gasteiger partial charge on any atom is -0.340 e. The SMILES string of the molecule is CNC(CCC(F)(F)F)c1cn(C)cn1. The Morgan fingerprint density at radius 2 is 2.20 bits per heavy atom. The lowest BCUT2D eigenvalue weighted by atomic mass is 10.1. The van der Waals surface area contributed by atoms with Crippen molar-refractivity contribution in [2.75, 3.05) is 7.05 Å². The number of nitrogens with zero attached hydrogens (tertiary/aromatic N) is 2. The Hall–Kier alpha value is -1.04. The standard InChI is InChI=1S/C9H14F3N3/c1-13-7(3-4-9(10,11)12)8-5-15(2)6-14-8/h5-7,13H,3-4H2,1-2H3. The van der Waals surface area contributed by atoms with Crippen LogP contribution in [-0.2, 0) is 7.05 Å². The molecule has 1 unspecified atom stereocenters. The van der Waals surface area contributed by atoms with E-state index < -0.39 is 12.6 Å². The number of hydrogen-bond acceptors (Lipinski definition) is 2. The van der Waals surface area contributed by atoms with E-state index in [9.17, 15) is 13.2 Å². The molecule has 1 rings (SSSR count). The van der Waals surface area contributed by atoms with Gasteiger partial charge in [-0.15, -0.1) is 0 Å². The summed E-state index contributed by atoms with van der Waals surface area (Å²) in [6.45, 7) is 0. The summed E-state index contributed by atoms with van der Waals surface area (Å²) in [5.74, 6) is 0. The Labute approximate surface area is 86.3 Å². The number of imidazole rings is 1. The lowest BCUT2D eigenvalue weighted by Crippen LogP contribution is -2.20. The first-order chi connectivity index (χ1) is 6.92. The molecule has 15 heavy (non-hydrogen) atoms. The van der Waals surface area contributed by atoms with Crippen LogP contribution >= 0.6 is 0 Å². The molecule has 1 heterocycles. The molecule has 0 fully saturated rings. The number of nitrogens with one attached hydrogen (secondary N) is 1. The molecule has 0 aliphatic heterocycles. The molecule has 0 saturated heterocycles. The number of hydrogen-bond donors (Lipinski definition) is 1. The molecule has 6 heteroatoms. The maximum absolute atomic E-state index is 12.0. The van der Waals surface area contributed by atoms with Crippen LogP contribution in [0.1, 0.15) is 24.6 Å². The molecule has 1 aromatic heterocycles. The van der Waals surface area contributed by atoms with E-state index in [2.05, 4.69) is 10.3 Å². The molecule has 1 atom stereocenters. The highest BCUT2D eigenvalue weighted by molar-refractivity contribution is 5.03. The smallest absolute Gasteiger partial charge is 0.340 e. The second-order valence-electron chi connectivity index (χ2n) is 3.46. The van der Waals surface area contributed by atoms with Crippen molar-refractivity contribution in [3.05, 3.63) is 18.2 Å². The van der Waals surface area contributed by atoms with Gasteiger partial charge in [0.1, 0.15) is 0 Å². The third kappa shape index (κ3) is 3.91. The molecule has 0 amide bonds. The van der Waals surface area contributed by atoms with Crippen LogP contribution in [0.2, 0.25) is 0 Å². The summed E-state index contributed by atoms with van der Waals surface area (Å²) >= 11 is 0. The lowest BCUT2D eigenvalue weighted by molar-refractivity contribution is -0.136. The molecule has 0 aliphatic carbocycles. The molecule has 86 valence electrons. The second-order valence-corrected chi connectivity index (χ2v) is 3.46. The van der Waals surface area contributed by atoms with Crippen molar-refractivity contribution in [1.82, 2.24) is 14.9 Å². The summed E-state index contributed by atoms with van der Waals surface area (Å²) in [4.78, 5) is 4.02. The van der Waals surface area contributed by atoms with Crippen LogP contribution in [0, 0.1) is 0 Å². The monoisotopic (exact) mass is 221 g/mol. The molecule has 0 aliphatic rings. The Balaban J connectivity index is 2.57. The molecule has 0 aromatic carbocycles. The van der Waals surface area contributed by atoms with Crippen molar-refractivity contribution in [3.63, 3.8) is 0 Å². The van der Waals surface area contributed by atoms with Crippen LogP contribution in [-0.4, -0.2) is 22.8 Å². The van der Waals surface area contributed by atoms with Gasteiger partial charge in [0.05, 0.1) is 18.1 Å². The van der Waals surface area contributed by atoms with Gasteiger partial charge in [-0.1, -0.05) is 0 Å². The van der Waals surface area contributed by atoms with Gasteiger partial charge in [-0.05, 0) is 13.5 Å². The molecule has 0 bridgehead atoms. The molecular weight excluding hydrogens is 207 g/mol. The van der Waals surface area contributed by atoms with E-state index in [-0.39, 0.29) is 12.5 Å². The molecule has 1 aromatic rings. The van der Waals surface area contributed by atoms with Crippen molar-refractivity contribution >= 4 is 0 Å². The van der Waals surface area contributed by atoms with Crippen LogP contribution in [0.4, 0.5) is 13.2 Å². The summed E-state index contributed by atoms with van der Waals surface area (Å²) in [5, 5.41) is 2.83. The molecular formula is C9H14F3N3. The van der Waals surface area contributed by atoms with E-state index >= 15 is 0 Å². The van der Waals surface area contributed by atoms with Gasteiger partial charge < -0.3 is 9.88 Å². The first-order valence-corrected chi connectivity index (χ1v) is 4.64. The van der Waals surface area contributed by atoms with Crippen LogP contribution in [0.5, 0.6) is 0 Å². The van der Waals surface area contributed by atoms with Crippen LogP contribution in [0.25, 0.3) is 0 Å². The van der Waals surface area contributed by atoms with E-state index in [0.717, 1.165) is 0 Å². The van der Waals surface area contributed by atoms with Gasteiger partial charge in [0.2, 0.25) is 0 Å². The summed E-state index contributed by atoms with van der Waals surface area (Å²) < 4.78 is 37.8. The van der Waals surface area contributed by atoms with Gasteiger partial charge in [-0.25, -0.2) is 4.98 Å². The number of alkyl halides is 3. The minimum atomic E-state index is -4.11. The van der Waals surface area contributed by atoms with Gasteiger partial charge in [0.15, 0.2) is 0 Å². The van der Waals surface area contributed by atoms with E-state index in [1.54, 1.807) is 31.2 Å². The Kier molecular flexibility index (Phi) is 3.73. The van der Waals surface area contributed by atoms with Crippen molar-refractivity contribution in [2.24, 2.45) is 7.05 Å². The largest absolute Gasteiger partial charge is 0.389 e. The molecule has 3 nitrogen and oxygen atoms in total. The van der Waals surface area contributed by atoms with E-state index in [1.165, 1.54) is 0 Å². The summed E-state index contributed by atoms with van der Waals surface area (Å²) in [5.41, 5.74) is 0.643. The predicted molar refractivity (Wildman–Crippen MR) is 50.3 cm³/mol. The molecule has 1 N–H and O–H groups in total. The van der Waals surface area contributed by atoms with Gasteiger partial charge in [-0.3, -0.25) is 0 Å². The maximum atomic E-state index is 12.0. The zero-order valence-electron chi connectivity index (χ0n) is 8.67. The zero-order valence-corrected chi connectivity index (χ0v) is 8.67. The fraction of sp³-hybridized carbons (Fsp3) is 0.667. The summed E-state index contributed by atoms with van der Waals surface area (Å²) in [6, 6.07) is -0.340. The lowest BCUT2D eigenvalue weighted by Gasteiger charge is -2.14. The molecule has 0 radical (unpaired) electrons. The Morgan fingerprint density at radius 1 is 1.53 bits per heavy atom. The maximum Gasteiger partial charge on any atom is 0.389 e. The highest BCUT2D eigenvalue weighted by Crippen LogP contribution is 2.26. The summed E-state index contributed by atoms with van der Waals surface area (Å²) in [7, 11) is 3.42. The van der Waals surface area contributed by atoms with Crippen molar-refractivity contribution < 1.29 is 13.2 Å². The molecule has 0 saturated carbocycles. The highest BCUT2D eigenvalue weighted by atomic mass is 19.4. The van der Waals surface area contributed by atoms with Crippen LogP contribution in [0.3, 0.4) is 0 Å². The molecule has 0 spiro atoms. The third-order valence-corrected chi connectivity index (χ3v) is 2.15. The number of aromatic nitrogens is 2. The normalized spacial score (nSPS) is 14.2. The number of aryl methyl sites for hydroxylation is 1. The highest BCUT2D eigenvalue weighted by Gasteiger charge is 2.28. The van der Waals surface area contributed by atoms with Crippen molar-refractivity contribution in [1.29, 1.82) is 0 Å². The minimum absolute atomic E-state index is 0.0109.